The summed E-state index contributed by atoms with van der Waals surface area (Å²) in [5.41, 5.74) is -0.185. The van der Waals surface area contributed by atoms with Gasteiger partial charge in [0.15, 0.2) is 0 Å². The summed E-state index contributed by atoms with van der Waals surface area (Å²) in [6.07, 6.45) is -1.03. The Bertz CT molecular complexity index is 665. The number of alkyl halides is 3. The SMILES string of the molecule is CC(C)C(=O)NC1=NC=CCN1[C@H](C)c1cccc(C(F)(F)F)c1. The number of carbonyl (C=O) groups is 1. The maximum atomic E-state index is 12.9. The Morgan fingerprint density at radius 1 is 1.29 bits per heavy atom. The molecule has 1 heterocycles. The Morgan fingerprint density at radius 3 is 2.62 bits per heavy atom. The van der Waals surface area contributed by atoms with E-state index in [-0.39, 0.29) is 17.9 Å². The summed E-state index contributed by atoms with van der Waals surface area (Å²) in [5, 5.41) is 2.73. The number of amides is 1. The quantitative estimate of drug-likeness (QED) is 0.912. The number of rotatable bonds is 3. The standard InChI is InChI=1S/C17H20F3N3O/c1-11(2)15(24)22-16-21-8-5-9-23(16)12(3)13-6-4-7-14(10-13)17(18,19)20/h4-8,10-12H,9H2,1-3H3,(H,21,22,24)/t12-/m1/s1. The maximum Gasteiger partial charge on any atom is 0.416 e. The molecular formula is C17H20F3N3O. The van der Waals surface area contributed by atoms with Crippen LogP contribution in [0.3, 0.4) is 0 Å². The number of benzene rings is 1. The molecular weight excluding hydrogens is 319 g/mol. The molecule has 0 bridgehead atoms. The van der Waals surface area contributed by atoms with Crippen molar-refractivity contribution in [3.05, 3.63) is 47.7 Å². The Hall–Kier alpha value is -2.31. The predicted molar refractivity (Wildman–Crippen MR) is 86.1 cm³/mol. The van der Waals surface area contributed by atoms with Crippen LogP contribution in [0.15, 0.2) is 41.5 Å². The molecule has 1 N–H and O–H groups in total. The van der Waals surface area contributed by atoms with E-state index in [0.29, 0.717) is 18.1 Å². The second-order valence-corrected chi connectivity index (χ2v) is 5.93. The van der Waals surface area contributed by atoms with Crippen LogP contribution in [0.25, 0.3) is 0 Å². The minimum Gasteiger partial charge on any atom is -0.332 e. The molecule has 0 spiro atoms. The van der Waals surface area contributed by atoms with E-state index in [1.165, 1.54) is 6.07 Å². The smallest absolute Gasteiger partial charge is 0.332 e. The van der Waals surface area contributed by atoms with Crippen LogP contribution in [0.2, 0.25) is 0 Å². The highest BCUT2D eigenvalue weighted by Crippen LogP contribution is 2.32. The van der Waals surface area contributed by atoms with Crippen LogP contribution in [0, 0.1) is 5.92 Å². The Balaban J connectivity index is 2.24. The second kappa shape index (κ2) is 7.07. The molecule has 0 aromatic heterocycles. The van der Waals surface area contributed by atoms with Gasteiger partial charge in [0, 0.05) is 18.7 Å². The van der Waals surface area contributed by atoms with E-state index in [1.807, 2.05) is 0 Å². The van der Waals surface area contributed by atoms with Crippen LogP contribution in [0.5, 0.6) is 0 Å². The molecule has 0 unspecified atom stereocenters. The number of nitrogens with one attached hydrogen (secondary N) is 1. The number of aliphatic imine (C=N–C) groups is 1. The molecule has 0 radical (unpaired) electrons. The molecule has 24 heavy (non-hydrogen) atoms. The van der Waals surface area contributed by atoms with Crippen molar-refractivity contribution >= 4 is 11.9 Å². The largest absolute Gasteiger partial charge is 0.416 e. The molecule has 1 aliphatic rings. The molecule has 1 aromatic carbocycles. The van der Waals surface area contributed by atoms with Gasteiger partial charge in [-0.15, -0.1) is 0 Å². The second-order valence-electron chi connectivity index (χ2n) is 5.93. The Kier molecular flexibility index (Phi) is 5.31. The van der Waals surface area contributed by atoms with E-state index in [2.05, 4.69) is 10.3 Å². The van der Waals surface area contributed by atoms with Crippen molar-refractivity contribution in [2.45, 2.75) is 33.0 Å². The zero-order valence-corrected chi connectivity index (χ0v) is 13.8. The zero-order chi connectivity index (χ0) is 17.9. The van der Waals surface area contributed by atoms with Crippen LogP contribution >= 0.6 is 0 Å². The van der Waals surface area contributed by atoms with Gasteiger partial charge >= 0.3 is 6.18 Å². The molecule has 0 fully saturated rings. The number of hydrogen-bond donors (Lipinski definition) is 1. The number of guanidine groups is 1. The van der Waals surface area contributed by atoms with Gasteiger partial charge in [-0.3, -0.25) is 10.1 Å². The van der Waals surface area contributed by atoms with Crippen molar-refractivity contribution in [1.29, 1.82) is 0 Å². The average molecular weight is 339 g/mol. The lowest BCUT2D eigenvalue weighted by molar-refractivity contribution is -0.137. The first-order chi connectivity index (χ1) is 11.2. The first-order valence-corrected chi connectivity index (χ1v) is 7.67. The molecule has 0 saturated heterocycles. The van der Waals surface area contributed by atoms with E-state index in [9.17, 15) is 18.0 Å². The van der Waals surface area contributed by atoms with Crippen LogP contribution in [-0.2, 0) is 11.0 Å². The Labute approximate surface area is 139 Å². The molecule has 0 aliphatic carbocycles. The third-order valence-electron chi connectivity index (χ3n) is 3.80. The lowest BCUT2D eigenvalue weighted by Gasteiger charge is -2.33. The highest BCUT2D eigenvalue weighted by molar-refractivity contribution is 5.98. The summed E-state index contributed by atoms with van der Waals surface area (Å²) in [4.78, 5) is 17.8. The first kappa shape index (κ1) is 18.0. The van der Waals surface area contributed by atoms with Crippen molar-refractivity contribution in [3.63, 3.8) is 0 Å². The fourth-order valence-corrected chi connectivity index (χ4v) is 2.30. The van der Waals surface area contributed by atoms with Crippen molar-refractivity contribution < 1.29 is 18.0 Å². The highest BCUT2D eigenvalue weighted by atomic mass is 19.4. The molecule has 1 atom stereocenters. The zero-order valence-electron chi connectivity index (χ0n) is 13.8. The van der Waals surface area contributed by atoms with Crippen LogP contribution in [0.4, 0.5) is 13.2 Å². The molecule has 1 aliphatic heterocycles. The fourth-order valence-electron chi connectivity index (χ4n) is 2.30. The van der Waals surface area contributed by atoms with Gasteiger partial charge in [-0.2, -0.15) is 13.2 Å². The van der Waals surface area contributed by atoms with Crippen molar-refractivity contribution in [1.82, 2.24) is 10.2 Å². The van der Waals surface area contributed by atoms with Gasteiger partial charge in [-0.25, -0.2) is 4.99 Å². The summed E-state index contributed by atoms with van der Waals surface area (Å²) in [6.45, 7) is 5.75. The van der Waals surface area contributed by atoms with E-state index >= 15 is 0 Å². The van der Waals surface area contributed by atoms with Gasteiger partial charge in [-0.1, -0.05) is 26.0 Å². The van der Waals surface area contributed by atoms with Gasteiger partial charge in [0.05, 0.1) is 11.6 Å². The van der Waals surface area contributed by atoms with Crippen LogP contribution < -0.4 is 5.32 Å². The van der Waals surface area contributed by atoms with Crippen molar-refractivity contribution in [2.75, 3.05) is 6.54 Å². The van der Waals surface area contributed by atoms with Crippen LogP contribution in [0.1, 0.15) is 37.9 Å². The summed E-state index contributed by atoms with van der Waals surface area (Å²) in [6, 6.07) is 4.83. The van der Waals surface area contributed by atoms with Crippen molar-refractivity contribution in [2.24, 2.45) is 10.9 Å². The van der Waals surface area contributed by atoms with Gasteiger partial charge in [-0.05, 0) is 30.7 Å². The van der Waals surface area contributed by atoms with Crippen LogP contribution in [-0.4, -0.2) is 23.3 Å². The lowest BCUT2D eigenvalue weighted by atomic mass is 10.0. The molecule has 130 valence electrons. The van der Waals surface area contributed by atoms with E-state index in [1.54, 1.807) is 44.0 Å². The topological polar surface area (TPSA) is 44.7 Å². The normalized spacial score (nSPS) is 16.1. The molecule has 4 nitrogen and oxygen atoms in total. The van der Waals surface area contributed by atoms with E-state index in [0.717, 1.165) is 12.1 Å². The van der Waals surface area contributed by atoms with Gasteiger partial charge in [0.1, 0.15) is 0 Å². The maximum absolute atomic E-state index is 12.9. The fraction of sp³-hybridized carbons (Fsp3) is 0.412. The monoisotopic (exact) mass is 339 g/mol. The minimum atomic E-state index is -4.39. The van der Waals surface area contributed by atoms with Gasteiger partial charge in [0.25, 0.3) is 0 Å². The summed E-state index contributed by atoms with van der Waals surface area (Å²) in [5.74, 6) is -0.0595. The third kappa shape index (κ3) is 4.15. The molecule has 7 heteroatoms. The molecule has 1 aromatic rings. The minimum absolute atomic E-state index is 0.190. The molecule has 0 saturated carbocycles. The lowest BCUT2D eigenvalue weighted by Crippen LogP contribution is -2.47. The Morgan fingerprint density at radius 2 is 2.00 bits per heavy atom. The predicted octanol–water partition coefficient (Wildman–Crippen LogP) is 3.72. The number of hydrogen-bond acceptors (Lipinski definition) is 3. The van der Waals surface area contributed by atoms with Gasteiger partial charge in [0.2, 0.25) is 11.9 Å². The van der Waals surface area contributed by atoms with Crippen molar-refractivity contribution in [3.8, 4) is 0 Å². The molecule has 1 amide bonds. The number of halogens is 3. The highest BCUT2D eigenvalue weighted by Gasteiger charge is 2.31. The van der Waals surface area contributed by atoms with E-state index < -0.39 is 11.7 Å². The average Bonchev–Trinajstić information content (AvgIpc) is 2.54. The summed E-state index contributed by atoms with van der Waals surface area (Å²) >= 11 is 0. The van der Waals surface area contributed by atoms with Gasteiger partial charge < -0.3 is 4.90 Å². The van der Waals surface area contributed by atoms with E-state index in [4.69, 9.17) is 0 Å². The number of nitrogens with zero attached hydrogens (tertiary/aromatic N) is 2. The number of carbonyl (C=O) groups excluding carboxylic acids is 1. The third-order valence-corrected chi connectivity index (χ3v) is 3.80. The first-order valence-electron chi connectivity index (χ1n) is 7.67. The molecule has 2 rings (SSSR count). The summed E-state index contributed by atoms with van der Waals surface area (Å²) in [7, 11) is 0. The summed E-state index contributed by atoms with van der Waals surface area (Å²) < 4.78 is 38.7.